The van der Waals surface area contributed by atoms with Gasteiger partial charge in [-0.3, -0.25) is 4.79 Å². The molecule has 1 rings (SSSR count). The zero-order valence-corrected chi connectivity index (χ0v) is 12.4. The second kappa shape index (κ2) is 7.06. The normalized spacial score (nSPS) is 14.9. The molecule has 0 fully saturated rings. The van der Waals surface area contributed by atoms with E-state index >= 15 is 0 Å². The summed E-state index contributed by atoms with van der Waals surface area (Å²) in [6.45, 7) is 4.78. The Bertz CT molecular complexity index is 520. The summed E-state index contributed by atoms with van der Waals surface area (Å²) in [5.74, 6) is -2.31. The predicted octanol–water partition coefficient (Wildman–Crippen LogP) is 2.35. The van der Waals surface area contributed by atoms with E-state index in [1.165, 1.54) is 25.1 Å². The number of carboxylic acids is 1. The van der Waals surface area contributed by atoms with E-state index in [1.807, 2.05) is 0 Å². The van der Waals surface area contributed by atoms with Crippen molar-refractivity contribution in [3.8, 4) is 5.75 Å². The van der Waals surface area contributed by atoms with Crippen LogP contribution in [0.5, 0.6) is 5.75 Å². The van der Waals surface area contributed by atoms with E-state index in [1.54, 1.807) is 19.9 Å². The van der Waals surface area contributed by atoms with Gasteiger partial charge in [-0.05, 0) is 31.9 Å². The van der Waals surface area contributed by atoms with E-state index in [0.29, 0.717) is 6.42 Å². The summed E-state index contributed by atoms with van der Waals surface area (Å²) >= 11 is 0. The first-order valence-corrected chi connectivity index (χ1v) is 6.80. The van der Waals surface area contributed by atoms with Crippen molar-refractivity contribution in [2.24, 2.45) is 0 Å². The minimum atomic E-state index is -1.37. The van der Waals surface area contributed by atoms with Crippen LogP contribution in [0.15, 0.2) is 24.3 Å². The van der Waals surface area contributed by atoms with Crippen LogP contribution in [-0.4, -0.2) is 28.6 Å². The van der Waals surface area contributed by atoms with Crippen LogP contribution < -0.4 is 10.1 Å². The summed E-state index contributed by atoms with van der Waals surface area (Å²) in [6.07, 6.45) is -0.434. The van der Waals surface area contributed by atoms with Crippen LogP contribution in [0.4, 0.5) is 4.39 Å². The van der Waals surface area contributed by atoms with Crippen LogP contribution >= 0.6 is 0 Å². The van der Waals surface area contributed by atoms with E-state index in [-0.39, 0.29) is 12.2 Å². The molecular formula is C15H20FNO4. The smallest absolute Gasteiger partial charge is 0.329 e. The molecule has 0 bridgehead atoms. The van der Waals surface area contributed by atoms with Gasteiger partial charge in [-0.15, -0.1) is 0 Å². The lowest BCUT2D eigenvalue weighted by Gasteiger charge is -2.27. The van der Waals surface area contributed by atoms with Crippen molar-refractivity contribution in [3.05, 3.63) is 30.1 Å². The SMILES string of the molecule is CCC(Oc1ccccc1F)C(=O)NC(C)(CC)C(=O)O. The minimum absolute atomic E-state index is 0.0342. The highest BCUT2D eigenvalue weighted by atomic mass is 19.1. The molecule has 0 saturated carbocycles. The lowest BCUT2D eigenvalue weighted by atomic mass is 9.98. The first kappa shape index (κ1) is 16.9. The highest BCUT2D eigenvalue weighted by Crippen LogP contribution is 2.19. The Morgan fingerprint density at radius 1 is 1.38 bits per heavy atom. The average molecular weight is 297 g/mol. The van der Waals surface area contributed by atoms with Gasteiger partial charge in [0.25, 0.3) is 5.91 Å². The van der Waals surface area contributed by atoms with Crippen LogP contribution in [0.3, 0.4) is 0 Å². The molecule has 2 N–H and O–H groups in total. The predicted molar refractivity (Wildman–Crippen MR) is 75.6 cm³/mol. The Balaban J connectivity index is 2.83. The largest absolute Gasteiger partial charge is 0.480 e. The molecule has 0 aromatic heterocycles. The molecule has 1 amide bonds. The molecule has 0 spiro atoms. The van der Waals surface area contributed by atoms with E-state index in [9.17, 15) is 14.0 Å². The van der Waals surface area contributed by atoms with Gasteiger partial charge in [-0.25, -0.2) is 9.18 Å². The quantitative estimate of drug-likeness (QED) is 0.810. The second-order valence-electron chi connectivity index (χ2n) is 4.93. The molecule has 0 saturated heterocycles. The number of carbonyl (C=O) groups excluding carboxylic acids is 1. The average Bonchev–Trinajstić information content (AvgIpc) is 2.45. The number of para-hydroxylation sites is 1. The molecular weight excluding hydrogens is 277 g/mol. The van der Waals surface area contributed by atoms with Crippen LogP contribution in [0.2, 0.25) is 0 Å². The second-order valence-corrected chi connectivity index (χ2v) is 4.93. The number of nitrogens with one attached hydrogen (secondary N) is 1. The lowest BCUT2D eigenvalue weighted by Crippen LogP contribution is -2.55. The fraction of sp³-hybridized carbons (Fsp3) is 0.467. The first-order chi connectivity index (χ1) is 9.84. The third kappa shape index (κ3) is 4.18. The molecule has 0 aliphatic heterocycles. The summed E-state index contributed by atoms with van der Waals surface area (Å²) in [7, 11) is 0. The number of carbonyl (C=O) groups is 2. The zero-order valence-electron chi connectivity index (χ0n) is 12.4. The molecule has 1 aromatic rings. The number of aliphatic carboxylic acids is 1. The monoisotopic (exact) mass is 297 g/mol. The van der Waals surface area contributed by atoms with Crippen LogP contribution in [0.1, 0.15) is 33.6 Å². The number of carboxylic acid groups (broad SMARTS) is 1. The number of rotatable bonds is 7. The Hall–Kier alpha value is -2.11. The molecule has 2 atom stereocenters. The molecule has 0 heterocycles. The minimum Gasteiger partial charge on any atom is -0.480 e. The van der Waals surface area contributed by atoms with E-state index in [2.05, 4.69) is 5.32 Å². The molecule has 0 aliphatic carbocycles. The number of hydrogen-bond acceptors (Lipinski definition) is 3. The van der Waals surface area contributed by atoms with Gasteiger partial charge in [0.2, 0.25) is 0 Å². The summed E-state index contributed by atoms with van der Waals surface area (Å²) in [5.41, 5.74) is -1.37. The lowest BCUT2D eigenvalue weighted by molar-refractivity contribution is -0.148. The van der Waals surface area contributed by atoms with Crippen LogP contribution in [0.25, 0.3) is 0 Å². The maximum atomic E-state index is 13.5. The Kier molecular flexibility index (Phi) is 5.69. The maximum Gasteiger partial charge on any atom is 0.329 e. The maximum absolute atomic E-state index is 13.5. The molecule has 5 nitrogen and oxygen atoms in total. The molecule has 0 aliphatic rings. The highest BCUT2D eigenvalue weighted by molar-refractivity contribution is 5.88. The van der Waals surface area contributed by atoms with E-state index < -0.39 is 29.3 Å². The summed E-state index contributed by atoms with van der Waals surface area (Å²) < 4.78 is 18.9. The summed E-state index contributed by atoms with van der Waals surface area (Å²) in [4.78, 5) is 23.3. The summed E-state index contributed by atoms with van der Waals surface area (Å²) in [6, 6.07) is 5.76. The van der Waals surface area contributed by atoms with Crippen molar-refractivity contribution in [2.45, 2.75) is 45.3 Å². The van der Waals surface area contributed by atoms with Crippen molar-refractivity contribution >= 4 is 11.9 Å². The third-order valence-electron chi connectivity index (χ3n) is 3.35. The molecule has 1 aromatic carbocycles. The van der Waals surface area contributed by atoms with Gasteiger partial charge in [0, 0.05) is 0 Å². The molecule has 21 heavy (non-hydrogen) atoms. The highest BCUT2D eigenvalue weighted by Gasteiger charge is 2.35. The molecule has 2 unspecified atom stereocenters. The third-order valence-corrected chi connectivity index (χ3v) is 3.35. The van der Waals surface area contributed by atoms with Gasteiger partial charge in [-0.1, -0.05) is 26.0 Å². The van der Waals surface area contributed by atoms with Crippen molar-refractivity contribution in [1.29, 1.82) is 0 Å². The fourth-order valence-corrected chi connectivity index (χ4v) is 1.66. The van der Waals surface area contributed by atoms with Crippen LogP contribution in [-0.2, 0) is 9.59 Å². The molecule has 0 radical (unpaired) electrons. The van der Waals surface area contributed by atoms with Crippen molar-refractivity contribution in [3.63, 3.8) is 0 Å². The van der Waals surface area contributed by atoms with Gasteiger partial charge in [0.05, 0.1) is 0 Å². The molecule has 6 heteroatoms. The van der Waals surface area contributed by atoms with Crippen molar-refractivity contribution < 1.29 is 23.8 Å². The number of ether oxygens (including phenoxy) is 1. The van der Waals surface area contributed by atoms with E-state index in [0.717, 1.165) is 0 Å². The number of benzene rings is 1. The van der Waals surface area contributed by atoms with E-state index in [4.69, 9.17) is 9.84 Å². The number of hydrogen-bond donors (Lipinski definition) is 2. The topological polar surface area (TPSA) is 75.6 Å². The standard InChI is InChI=1S/C15H20FNO4/c1-4-11(21-12-9-7-6-8-10(12)16)13(18)17-15(3,5-2)14(19)20/h6-9,11H,4-5H2,1-3H3,(H,17,18)(H,19,20). The van der Waals surface area contributed by atoms with Crippen molar-refractivity contribution in [1.82, 2.24) is 5.32 Å². The fourth-order valence-electron chi connectivity index (χ4n) is 1.66. The van der Waals surface area contributed by atoms with Crippen LogP contribution in [0, 0.1) is 5.82 Å². The first-order valence-electron chi connectivity index (χ1n) is 6.80. The Labute approximate surface area is 123 Å². The van der Waals surface area contributed by atoms with Gasteiger partial charge in [-0.2, -0.15) is 0 Å². The zero-order chi connectivity index (χ0) is 16.0. The van der Waals surface area contributed by atoms with Gasteiger partial charge in [0.15, 0.2) is 17.7 Å². The van der Waals surface area contributed by atoms with Gasteiger partial charge in [0.1, 0.15) is 5.54 Å². The Morgan fingerprint density at radius 2 is 2.00 bits per heavy atom. The van der Waals surface area contributed by atoms with Gasteiger partial charge >= 0.3 is 5.97 Å². The number of halogens is 1. The Morgan fingerprint density at radius 3 is 2.48 bits per heavy atom. The summed E-state index contributed by atoms with van der Waals surface area (Å²) in [5, 5.41) is 11.6. The van der Waals surface area contributed by atoms with Crippen molar-refractivity contribution in [2.75, 3.05) is 0 Å². The molecule has 116 valence electrons. The number of amides is 1. The van der Waals surface area contributed by atoms with Gasteiger partial charge < -0.3 is 15.2 Å².